The Bertz CT molecular complexity index is 461. The molecule has 1 aromatic heterocycles. The summed E-state index contributed by atoms with van der Waals surface area (Å²) in [6.45, 7) is 4.22. The highest BCUT2D eigenvalue weighted by atomic mass is 79.9. The van der Waals surface area contributed by atoms with Crippen molar-refractivity contribution in [2.75, 3.05) is 6.54 Å². The number of hydrogen-bond acceptors (Lipinski definition) is 3. The lowest BCUT2D eigenvalue weighted by atomic mass is 10.1. The van der Waals surface area contributed by atoms with E-state index >= 15 is 0 Å². The van der Waals surface area contributed by atoms with Crippen LogP contribution in [0.15, 0.2) is 15.9 Å². The van der Waals surface area contributed by atoms with Gasteiger partial charge in [0.2, 0.25) is 5.91 Å². The molecule has 0 fully saturated rings. The van der Waals surface area contributed by atoms with E-state index in [4.69, 9.17) is 5.11 Å². The first-order chi connectivity index (χ1) is 9.43. The summed E-state index contributed by atoms with van der Waals surface area (Å²) >= 11 is 5.10. The minimum absolute atomic E-state index is 0.00253. The van der Waals surface area contributed by atoms with E-state index in [1.54, 1.807) is 23.2 Å². The van der Waals surface area contributed by atoms with Gasteiger partial charge in [-0.3, -0.25) is 9.59 Å². The van der Waals surface area contributed by atoms with E-state index in [0.717, 1.165) is 16.6 Å². The molecule has 6 heteroatoms. The molecule has 4 nitrogen and oxygen atoms in total. The third-order valence-electron chi connectivity index (χ3n) is 3.11. The summed E-state index contributed by atoms with van der Waals surface area (Å²) in [6, 6.07) is 3.82. The number of halogens is 1. The third-order valence-corrected chi connectivity index (χ3v) is 4.79. The lowest BCUT2D eigenvalue weighted by Crippen LogP contribution is -2.39. The third kappa shape index (κ3) is 5.63. The fraction of sp³-hybridized carbons (Fsp3) is 0.571. The van der Waals surface area contributed by atoms with Gasteiger partial charge in [0.05, 0.1) is 10.2 Å². The Morgan fingerprint density at radius 1 is 1.45 bits per heavy atom. The molecular formula is C14H20BrNO3S. The average molecular weight is 362 g/mol. The maximum atomic E-state index is 12.1. The van der Waals surface area contributed by atoms with Crippen LogP contribution in [0, 0.1) is 0 Å². The molecule has 0 saturated heterocycles. The minimum atomic E-state index is -0.868. The van der Waals surface area contributed by atoms with Crippen LogP contribution in [-0.2, 0) is 16.0 Å². The van der Waals surface area contributed by atoms with Gasteiger partial charge in [0, 0.05) is 23.9 Å². The van der Waals surface area contributed by atoms with Gasteiger partial charge in [0.1, 0.15) is 0 Å². The summed E-state index contributed by atoms with van der Waals surface area (Å²) < 4.78 is 1.10. The zero-order valence-electron chi connectivity index (χ0n) is 11.8. The summed E-state index contributed by atoms with van der Waals surface area (Å²) in [5, 5.41) is 8.80. The largest absolute Gasteiger partial charge is 0.481 e. The van der Waals surface area contributed by atoms with E-state index in [1.165, 1.54) is 4.88 Å². The van der Waals surface area contributed by atoms with Crippen LogP contribution in [0.3, 0.4) is 0 Å². The Hall–Kier alpha value is -0.880. The number of rotatable bonds is 8. The number of nitrogens with zero attached hydrogens (tertiary/aromatic N) is 1. The molecule has 1 aromatic rings. The molecule has 1 rings (SSSR count). The number of thiophene rings is 1. The Morgan fingerprint density at radius 3 is 2.65 bits per heavy atom. The molecule has 0 bridgehead atoms. The summed E-state index contributed by atoms with van der Waals surface area (Å²) in [6.07, 6.45) is 2.14. The van der Waals surface area contributed by atoms with Crippen molar-refractivity contribution < 1.29 is 14.7 Å². The van der Waals surface area contributed by atoms with Crippen LogP contribution in [0.5, 0.6) is 0 Å². The first-order valence-corrected chi connectivity index (χ1v) is 8.30. The van der Waals surface area contributed by atoms with Crippen LogP contribution in [0.2, 0.25) is 0 Å². The van der Waals surface area contributed by atoms with Crippen LogP contribution in [0.1, 0.15) is 38.0 Å². The van der Waals surface area contributed by atoms with Crippen molar-refractivity contribution in [3.63, 3.8) is 0 Å². The topological polar surface area (TPSA) is 57.6 Å². The number of carboxylic acid groups (broad SMARTS) is 1. The van der Waals surface area contributed by atoms with Gasteiger partial charge >= 0.3 is 5.97 Å². The van der Waals surface area contributed by atoms with Gasteiger partial charge in [-0.1, -0.05) is 0 Å². The maximum Gasteiger partial charge on any atom is 0.305 e. The smallest absolute Gasteiger partial charge is 0.305 e. The van der Waals surface area contributed by atoms with Crippen molar-refractivity contribution in [3.8, 4) is 0 Å². The van der Waals surface area contributed by atoms with Crippen molar-refractivity contribution in [2.24, 2.45) is 0 Å². The highest BCUT2D eigenvalue weighted by Crippen LogP contribution is 2.23. The normalized spacial score (nSPS) is 12.2. The Kier molecular flexibility index (Phi) is 7.23. The van der Waals surface area contributed by atoms with Gasteiger partial charge in [-0.25, -0.2) is 0 Å². The van der Waals surface area contributed by atoms with E-state index in [-0.39, 0.29) is 18.4 Å². The SMILES string of the molecule is CCN(C(=O)CCCc1ccc(Br)s1)C(C)CC(=O)O. The summed E-state index contributed by atoms with van der Waals surface area (Å²) in [5.74, 6) is -0.830. The quantitative estimate of drug-likeness (QED) is 0.770. The average Bonchev–Trinajstić information content (AvgIpc) is 2.75. The van der Waals surface area contributed by atoms with E-state index in [1.807, 2.05) is 13.0 Å². The van der Waals surface area contributed by atoms with Crippen LogP contribution in [0.25, 0.3) is 0 Å². The Balaban J connectivity index is 2.41. The monoisotopic (exact) mass is 361 g/mol. The molecule has 0 spiro atoms. The second kappa shape index (κ2) is 8.42. The van der Waals surface area contributed by atoms with Gasteiger partial charge in [-0.2, -0.15) is 0 Å². The van der Waals surface area contributed by atoms with E-state index < -0.39 is 5.97 Å². The zero-order chi connectivity index (χ0) is 15.1. The number of carbonyl (C=O) groups is 2. The van der Waals surface area contributed by atoms with Crippen molar-refractivity contribution in [2.45, 2.75) is 45.6 Å². The molecule has 1 unspecified atom stereocenters. The number of carbonyl (C=O) groups excluding carboxylic acids is 1. The summed E-state index contributed by atoms with van der Waals surface area (Å²) in [5.41, 5.74) is 0. The Labute approximate surface area is 131 Å². The predicted octanol–water partition coefficient (Wildman–Crippen LogP) is 3.55. The first kappa shape index (κ1) is 17.2. The standard InChI is InChI=1S/C14H20BrNO3S/c1-3-16(10(2)9-14(18)19)13(17)6-4-5-11-7-8-12(15)20-11/h7-8,10H,3-6,9H2,1-2H3,(H,18,19). The van der Waals surface area contributed by atoms with Crippen molar-refractivity contribution in [1.82, 2.24) is 4.90 Å². The fourth-order valence-corrected chi connectivity index (χ4v) is 3.67. The van der Waals surface area contributed by atoms with Crippen LogP contribution in [0.4, 0.5) is 0 Å². The molecule has 1 heterocycles. The second-order valence-electron chi connectivity index (χ2n) is 4.69. The number of aliphatic carboxylic acids is 1. The fourth-order valence-electron chi connectivity index (χ4n) is 2.14. The molecule has 0 radical (unpaired) electrons. The lowest BCUT2D eigenvalue weighted by Gasteiger charge is -2.27. The molecule has 0 saturated carbocycles. The molecule has 0 aromatic carbocycles. The van der Waals surface area contributed by atoms with Crippen LogP contribution >= 0.6 is 27.3 Å². The van der Waals surface area contributed by atoms with Gasteiger partial charge in [0.15, 0.2) is 0 Å². The highest BCUT2D eigenvalue weighted by molar-refractivity contribution is 9.11. The van der Waals surface area contributed by atoms with Gasteiger partial charge in [-0.05, 0) is 54.8 Å². The molecule has 112 valence electrons. The number of carboxylic acids is 1. The highest BCUT2D eigenvalue weighted by Gasteiger charge is 2.20. The molecule has 0 aliphatic carbocycles. The van der Waals surface area contributed by atoms with Crippen molar-refractivity contribution in [3.05, 3.63) is 20.8 Å². The molecule has 1 atom stereocenters. The summed E-state index contributed by atoms with van der Waals surface area (Å²) in [4.78, 5) is 25.7. The van der Waals surface area contributed by atoms with Crippen LogP contribution in [-0.4, -0.2) is 34.5 Å². The number of amides is 1. The van der Waals surface area contributed by atoms with E-state index in [0.29, 0.717) is 13.0 Å². The van der Waals surface area contributed by atoms with Gasteiger partial charge in [0.25, 0.3) is 0 Å². The molecule has 20 heavy (non-hydrogen) atoms. The maximum absolute atomic E-state index is 12.1. The first-order valence-electron chi connectivity index (χ1n) is 6.69. The minimum Gasteiger partial charge on any atom is -0.481 e. The molecule has 1 amide bonds. The molecule has 0 aliphatic heterocycles. The van der Waals surface area contributed by atoms with Crippen molar-refractivity contribution >= 4 is 39.1 Å². The van der Waals surface area contributed by atoms with Crippen molar-refractivity contribution in [1.29, 1.82) is 0 Å². The second-order valence-corrected chi connectivity index (χ2v) is 7.23. The van der Waals surface area contributed by atoms with E-state index in [2.05, 4.69) is 22.0 Å². The zero-order valence-corrected chi connectivity index (χ0v) is 14.2. The predicted molar refractivity (Wildman–Crippen MR) is 84.1 cm³/mol. The van der Waals surface area contributed by atoms with Gasteiger partial charge < -0.3 is 10.0 Å². The lowest BCUT2D eigenvalue weighted by molar-refractivity contribution is -0.140. The number of hydrogen-bond donors (Lipinski definition) is 1. The van der Waals surface area contributed by atoms with Crippen LogP contribution < -0.4 is 0 Å². The molecule has 0 aliphatic rings. The van der Waals surface area contributed by atoms with Gasteiger partial charge in [-0.15, -0.1) is 11.3 Å². The molecule has 1 N–H and O–H groups in total. The number of aryl methyl sites for hydroxylation is 1. The summed E-state index contributed by atoms with van der Waals surface area (Å²) in [7, 11) is 0. The molecular weight excluding hydrogens is 342 g/mol. The Morgan fingerprint density at radius 2 is 2.15 bits per heavy atom. The van der Waals surface area contributed by atoms with E-state index in [9.17, 15) is 9.59 Å².